The molecule has 35 heavy (non-hydrogen) atoms. The lowest BCUT2D eigenvalue weighted by Gasteiger charge is -2.22. The SMILES string of the molecule is CN1C(=O)NC(=O)C(=CC=C(C=Cc2c([O-])n(C)c(=O)[nH]c2=O)c2ccc3ccccc3c2)C1=O. The lowest BCUT2D eigenvalue weighted by molar-refractivity contribution is -0.279. The molecule has 0 saturated carbocycles. The summed E-state index contributed by atoms with van der Waals surface area (Å²) in [7, 11) is 2.49. The molecule has 0 unspecified atom stereocenters. The van der Waals surface area contributed by atoms with E-state index in [-0.39, 0.29) is 11.1 Å². The highest BCUT2D eigenvalue weighted by Crippen LogP contribution is 2.24. The molecule has 4 rings (SSSR count). The Hall–Kier alpha value is -4.99. The second-order valence-corrected chi connectivity index (χ2v) is 7.76. The van der Waals surface area contributed by atoms with Crippen LogP contribution in [-0.4, -0.2) is 39.3 Å². The van der Waals surface area contributed by atoms with Crippen molar-refractivity contribution in [1.82, 2.24) is 19.8 Å². The van der Waals surface area contributed by atoms with Crippen molar-refractivity contribution in [2.24, 2.45) is 7.05 Å². The molecule has 0 bridgehead atoms. The molecule has 0 spiro atoms. The fourth-order valence-electron chi connectivity index (χ4n) is 3.49. The van der Waals surface area contributed by atoms with Gasteiger partial charge >= 0.3 is 11.7 Å². The normalized spacial score (nSPS) is 15.9. The van der Waals surface area contributed by atoms with Gasteiger partial charge in [0.15, 0.2) is 0 Å². The van der Waals surface area contributed by atoms with Gasteiger partial charge in [0.05, 0.1) is 0 Å². The summed E-state index contributed by atoms with van der Waals surface area (Å²) in [4.78, 5) is 63.0. The van der Waals surface area contributed by atoms with Gasteiger partial charge in [-0.2, -0.15) is 0 Å². The summed E-state index contributed by atoms with van der Waals surface area (Å²) >= 11 is 0. The second kappa shape index (κ2) is 9.10. The van der Waals surface area contributed by atoms with E-state index in [4.69, 9.17) is 0 Å². The molecule has 1 aliphatic rings. The molecular weight excluding hydrogens is 452 g/mol. The number of carbonyl (C=O) groups is 3. The first-order valence-corrected chi connectivity index (χ1v) is 10.4. The molecule has 0 atom stereocenters. The van der Waals surface area contributed by atoms with Crippen LogP contribution in [0.25, 0.3) is 22.4 Å². The van der Waals surface area contributed by atoms with Crippen LogP contribution in [0.2, 0.25) is 0 Å². The van der Waals surface area contributed by atoms with E-state index in [0.717, 1.165) is 20.2 Å². The third kappa shape index (κ3) is 4.44. The van der Waals surface area contributed by atoms with E-state index in [1.165, 1.54) is 38.4 Å². The van der Waals surface area contributed by atoms with Crippen molar-refractivity contribution >= 4 is 40.3 Å². The minimum absolute atomic E-state index is 0.261. The smallest absolute Gasteiger partial charge is 0.331 e. The number of hydrogen-bond donors (Lipinski definition) is 2. The largest absolute Gasteiger partial charge is 0.859 e. The molecule has 1 fully saturated rings. The van der Waals surface area contributed by atoms with Gasteiger partial charge in [-0.05, 0) is 46.0 Å². The topological polar surface area (TPSA) is 144 Å². The van der Waals surface area contributed by atoms with Crippen molar-refractivity contribution in [3.05, 3.63) is 98.2 Å². The minimum Gasteiger partial charge on any atom is -0.859 e. The van der Waals surface area contributed by atoms with Gasteiger partial charge < -0.3 is 9.67 Å². The Kier molecular flexibility index (Phi) is 6.03. The second-order valence-electron chi connectivity index (χ2n) is 7.76. The number of rotatable bonds is 4. The van der Waals surface area contributed by atoms with E-state index in [9.17, 15) is 29.1 Å². The van der Waals surface area contributed by atoms with Gasteiger partial charge in [-0.3, -0.25) is 29.6 Å². The van der Waals surface area contributed by atoms with Crippen molar-refractivity contribution in [2.45, 2.75) is 0 Å². The van der Waals surface area contributed by atoms with Gasteiger partial charge in [0.25, 0.3) is 17.4 Å². The maximum absolute atomic E-state index is 12.4. The monoisotopic (exact) mass is 471 g/mol. The van der Waals surface area contributed by atoms with Crippen LogP contribution >= 0.6 is 0 Å². The Balaban J connectivity index is 1.85. The molecule has 1 saturated heterocycles. The highest BCUT2D eigenvalue weighted by Gasteiger charge is 2.32. The lowest BCUT2D eigenvalue weighted by atomic mass is 9.99. The van der Waals surface area contributed by atoms with E-state index in [1.807, 2.05) is 36.4 Å². The summed E-state index contributed by atoms with van der Waals surface area (Å²) in [6.07, 6.45) is 5.46. The van der Waals surface area contributed by atoms with Gasteiger partial charge in [-0.1, -0.05) is 48.6 Å². The third-order valence-electron chi connectivity index (χ3n) is 5.55. The Labute approximate surface area is 198 Å². The first-order valence-electron chi connectivity index (χ1n) is 10.4. The molecule has 2 aromatic carbocycles. The highest BCUT2D eigenvalue weighted by atomic mass is 16.3. The predicted octanol–water partition coefficient (Wildman–Crippen LogP) is 1.03. The van der Waals surface area contributed by atoms with Crippen LogP contribution in [0.5, 0.6) is 5.88 Å². The molecule has 10 heteroatoms. The Bertz CT molecular complexity index is 1610. The Morgan fingerprint density at radius 3 is 2.43 bits per heavy atom. The number of benzene rings is 2. The first kappa shape index (κ1) is 23.2. The molecule has 176 valence electrons. The average Bonchev–Trinajstić information content (AvgIpc) is 2.84. The fraction of sp³-hybridized carbons (Fsp3) is 0.0800. The maximum Gasteiger partial charge on any atom is 0.331 e. The number of H-pyrrole nitrogens is 1. The molecule has 1 aliphatic heterocycles. The number of aromatic nitrogens is 2. The number of nitrogens with one attached hydrogen (secondary N) is 2. The van der Waals surface area contributed by atoms with E-state index in [1.54, 1.807) is 6.07 Å². The van der Waals surface area contributed by atoms with Crippen LogP contribution in [-0.2, 0) is 16.6 Å². The summed E-state index contributed by atoms with van der Waals surface area (Å²) in [5, 5.41) is 16.4. The molecule has 3 aromatic rings. The number of fused-ring (bicyclic) bond motifs is 1. The molecule has 1 aromatic heterocycles. The van der Waals surface area contributed by atoms with Crippen molar-refractivity contribution in [2.75, 3.05) is 7.05 Å². The van der Waals surface area contributed by atoms with E-state index in [2.05, 4.69) is 10.3 Å². The number of allylic oxidation sites excluding steroid dienone is 4. The van der Waals surface area contributed by atoms with Gasteiger partial charge in [-0.15, -0.1) is 0 Å². The summed E-state index contributed by atoms with van der Waals surface area (Å²) in [5.74, 6) is -2.38. The predicted molar refractivity (Wildman–Crippen MR) is 127 cm³/mol. The van der Waals surface area contributed by atoms with Crippen molar-refractivity contribution < 1.29 is 19.5 Å². The quantitative estimate of drug-likeness (QED) is 0.330. The Morgan fingerprint density at radius 1 is 0.971 bits per heavy atom. The molecule has 2 N–H and O–H groups in total. The Morgan fingerprint density at radius 2 is 1.69 bits per heavy atom. The van der Waals surface area contributed by atoms with E-state index >= 15 is 0 Å². The van der Waals surface area contributed by atoms with Crippen LogP contribution < -0.4 is 21.7 Å². The number of barbiturate groups is 1. The van der Waals surface area contributed by atoms with Crippen LogP contribution in [0, 0.1) is 0 Å². The first-order chi connectivity index (χ1) is 16.7. The summed E-state index contributed by atoms with van der Waals surface area (Å²) in [5.41, 5.74) is -1.07. The fourth-order valence-corrected chi connectivity index (χ4v) is 3.49. The summed E-state index contributed by atoms with van der Waals surface area (Å²) in [6.45, 7) is 0. The number of amides is 4. The zero-order valence-electron chi connectivity index (χ0n) is 18.7. The third-order valence-corrected chi connectivity index (χ3v) is 5.55. The number of carbonyl (C=O) groups excluding carboxylic acids is 3. The molecule has 2 heterocycles. The van der Waals surface area contributed by atoms with E-state index in [0.29, 0.717) is 11.1 Å². The summed E-state index contributed by atoms with van der Waals surface area (Å²) in [6, 6.07) is 12.3. The maximum atomic E-state index is 12.4. The minimum atomic E-state index is -0.840. The van der Waals surface area contributed by atoms with Crippen LogP contribution in [0.15, 0.2) is 75.9 Å². The van der Waals surface area contributed by atoms with Crippen molar-refractivity contribution in [3.63, 3.8) is 0 Å². The number of aromatic amines is 1. The van der Waals surface area contributed by atoms with Gasteiger partial charge in [0.1, 0.15) is 5.57 Å². The van der Waals surface area contributed by atoms with Gasteiger partial charge in [0, 0.05) is 19.7 Å². The highest BCUT2D eigenvalue weighted by molar-refractivity contribution is 6.28. The zero-order chi connectivity index (χ0) is 25.3. The van der Waals surface area contributed by atoms with Crippen molar-refractivity contribution in [3.8, 4) is 5.88 Å². The zero-order valence-corrected chi connectivity index (χ0v) is 18.7. The average molecular weight is 471 g/mol. The number of urea groups is 1. The standard InChI is InChI=1S/C25H20N4O6/c1-28-22(32)18(20(30)26-24(28)34)11-9-15(17-8-7-14-5-3-4-6-16(14)13-17)10-12-19-21(31)27-25(35)29(2)23(19)33/h3-13,32H,1-2H3,(H,26,30,34)(H,27,31,35)/p-1. The van der Waals surface area contributed by atoms with Gasteiger partial charge in [-0.25, -0.2) is 9.59 Å². The lowest BCUT2D eigenvalue weighted by Crippen LogP contribution is -2.52. The number of likely N-dealkylation sites (N-methyl/N-ethyl adjacent to an activating group) is 1. The van der Waals surface area contributed by atoms with Crippen LogP contribution in [0.4, 0.5) is 4.79 Å². The summed E-state index contributed by atoms with van der Waals surface area (Å²) < 4.78 is 0.778. The number of nitrogens with zero attached hydrogens (tertiary/aromatic N) is 2. The van der Waals surface area contributed by atoms with Crippen molar-refractivity contribution in [1.29, 1.82) is 0 Å². The molecule has 0 aliphatic carbocycles. The molecule has 0 radical (unpaired) electrons. The molecule has 10 nitrogen and oxygen atoms in total. The molecular formula is C25H19N4O6-. The molecule has 4 amide bonds. The van der Waals surface area contributed by atoms with Crippen LogP contribution in [0.1, 0.15) is 11.1 Å². The van der Waals surface area contributed by atoms with Crippen LogP contribution in [0.3, 0.4) is 0 Å². The van der Waals surface area contributed by atoms with Gasteiger partial charge in [0.2, 0.25) is 0 Å². The van der Waals surface area contributed by atoms with E-state index < -0.39 is 35.0 Å². The number of imide groups is 2. The number of hydrogen-bond acceptors (Lipinski definition) is 6.